The van der Waals surface area contributed by atoms with E-state index in [1.165, 1.54) is 0 Å². The van der Waals surface area contributed by atoms with E-state index < -0.39 is 10.8 Å². The van der Waals surface area contributed by atoms with Crippen LogP contribution in [-0.4, -0.2) is 17.0 Å². The minimum atomic E-state index is -0.959. The van der Waals surface area contributed by atoms with Crippen LogP contribution in [-0.2, 0) is 16.6 Å². The highest BCUT2D eigenvalue weighted by Crippen LogP contribution is 2.19. The average Bonchev–Trinajstić information content (AvgIpc) is 2.48. The maximum absolute atomic E-state index is 12.3. The topological polar surface area (TPSA) is 29.1 Å². The molecule has 0 radical (unpaired) electrons. The van der Waals surface area contributed by atoms with Crippen LogP contribution < -0.4 is 5.32 Å². The van der Waals surface area contributed by atoms with E-state index in [0.717, 1.165) is 11.1 Å². The van der Waals surface area contributed by atoms with Gasteiger partial charge in [-0.1, -0.05) is 60.1 Å². The lowest BCUT2D eigenvalue weighted by molar-refractivity contribution is 0.635. The van der Waals surface area contributed by atoms with E-state index in [0.29, 0.717) is 16.5 Å². The molecule has 0 spiro atoms. The van der Waals surface area contributed by atoms with Gasteiger partial charge in [0.25, 0.3) is 0 Å². The third-order valence-electron chi connectivity index (χ3n) is 3.18. The van der Waals surface area contributed by atoms with E-state index in [1.54, 1.807) is 0 Å². The fraction of sp³-hybridized carbons (Fsp3) is 0.250. The van der Waals surface area contributed by atoms with Crippen molar-refractivity contribution in [3.63, 3.8) is 0 Å². The van der Waals surface area contributed by atoms with Crippen molar-refractivity contribution in [1.82, 2.24) is 5.32 Å². The molecule has 2 atom stereocenters. The fourth-order valence-corrected chi connectivity index (χ4v) is 3.79. The first-order chi connectivity index (χ1) is 9.70. The fourth-order valence-electron chi connectivity index (χ4n) is 2.07. The van der Waals surface area contributed by atoms with Crippen molar-refractivity contribution in [2.75, 3.05) is 12.8 Å². The second-order valence-electron chi connectivity index (χ2n) is 4.59. The molecule has 0 bridgehead atoms. The molecule has 0 heterocycles. The van der Waals surface area contributed by atoms with Gasteiger partial charge in [0.05, 0.1) is 5.75 Å². The first-order valence-electron chi connectivity index (χ1n) is 6.51. The molecule has 0 amide bonds. The van der Waals surface area contributed by atoms with E-state index in [-0.39, 0.29) is 6.04 Å². The molecule has 1 N–H and O–H groups in total. The Morgan fingerprint density at radius 1 is 1.10 bits per heavy atom. The lowest BCUT2D eigenvalue weighted by atomic mass is 10.1. The van der Waals surface area contributed by atoms with Gasteiger partial charge in [-0.25, -0.2) is 0 Å². The zero-order valence-corrected chi connectivity index (χ0v) is 13.0. The van der Waals surface area contributed by atoms with Crippen LogP contribution in [0.3, 0.4) is 0 Å². The van der Waals surface area contributed by atoms with E-state index in [2.05, 4.69) is 5.32 Å². The first kappa shape index (κ1) is 15.2. The standard InChI is InChI=1S/C16H18ClNOS/c1-18-16(13-7-3-2-4-8-13)12-20(19)11-14-9-5-6-10-15(14)17/h2-10,16,18H,11-12H2,1H3. The Balaban J connectivity index is 2.02. The van der Waals surface area contributed by atoms with Crippen LogP contribution in [0.2, 0.25) is 5.02 Å². The molecule has 2 unspecified atom stereocenters. The summed E-state index contributed by atoms with van der Waals surface area (Å²) < 4.78 is 12.3. The minimum absolute atomic E-state index is 0.0968. The molecule has 0 aliphatic rings. The summed E-state index contributed by atoms with van der Waals surface area (Å²) in [6.45, 7) is 0. The predicted molar refractivity (Wildman–Crippen MR) is 86.4 cm³/mol. The summed E-state index contributed by atoms with van der Waals surface area (Å²) in [4.78, 5) is 0. The summed E-state index contributed by atoms with van der Waals surface area (Å²) in [5.41, 5.74) is 2.10. The van der Waals surface area contributed by atoms with Crippen LogP contribution in [0.4, 0.5) is 0 Å². The molecule has 0 saturated heterocycles. The van der Waals surface area contributed by atoms with Crippen LogP contribution in [0.5, 0.6) is 0 Å². The van der Waals surface area contributed by atoms with Crippen molar-refractivity contribution in [2.24, 2.45) is 0 Å². The van der Waals surface area contributed by atoms with Gasteiger partial charge in [-0.2, -0.15) is 0 Å². The molecule has 0 aromatic heterocycles. The van der Waals surface area contributed by atoms with Gasteiger partial charge in [0.2, 0.25) is 0 Å². The lowest BCUT2D eigenvalue weighted by Crippen LogP contribution is -2.23. The molecule has 0 saturated carbocycles. The highest BCUT2D eigenvalue weighted by atomic mass is 35.5. The van der Waals surface area contributed by atoms with Crippen molar-refractivity contribution in [1.29, 1.82) is 0 Å². The molecular formula is C16H18ClNOS. The maximum Gasteiger partial charge on any atom is 0.0501 e. The molecule has 0 fully saturated rings. The van der Waals surface area contributed by atoms with Crippen LogP contribution in [0.1, 0.15) is 17.2 Å². The minimum Gasteiger partial charge on any atom is -0.312 e. The molecular weight excluding hydrogens is 290 g/mol. The van der Waals surface area contributed by atoms with Gasteiger partial charge in [-0.3, -0.25) is 4.21 Å². The van der Waals surface area contributed by atoms with Crippen LogP contribution >= 0.6 is 11.6 Å². The SMILES string of the molecule is CNC(CS(=O)Cc1ccccc1Cl)c1ccccc1. The first-order valence-corrected chi connectivity index (χ1v) is 8.38. The summed E-state index contributed by atoms with van der Waals surface area (Å²) in [6.07, 6.45) is 0. The Hall–Kier alpha value is -1.16. The summed E-state index contributed by atoms with van der Waals surface area (Å²) >= 11 is 6.11. The summed E-state index contributed by atoms with van der Waals surface area (Å²) in [5.74, 6) is 1.07. The number of halogens is 1. The van der Waals surface area contributed by atoms with Gasteiger partial charge in [-0.15, -0.1) is 0 Å². The summed E-state index contributed by atoms with van der Waals surface area (Å²) in [7, 11) is 0.935. The predicted octanol–water partition coefficient (Wildman–Crippen LogP) is 3.55. The smallest absolute Gasteiger partial charge is 0.0501 e. The van der Waals surface area contributed by atoms with Crippen molar-refractivity contribution >= 4 is 22.4 Å². The number of benzene rings is 2. The third-order valence-corrected chi connectivity index (χ3v) is 4.88. The van der Waals surface area contributed by atoms with Gasteiger partial charge in [-0.05, 0) is 24.2 Å². The normalized spacial score (nSPS) is 13.9. The van der Waals surface area contributed by atoms with Gasteiger partial charge in [0.1, 0.15) is 0 Å². The third kappa shape index (κ3) is 4.17. The highest BCUT2D eigenvalue weighted by molar-refractivity contribution is 7.84. The Bertz CT molecular complexity index is 574. The molecule has 0 aliphatic carbocycles. The van der Waals surface area contributed by atoms with E-state index in [1.807, 2.05) is 61.6 Å². The Labute approximate surface area is 127 Å². The molecule has 2 nitrogen and oxygen atoms in total. The zero-order valence-electron chi connectivity index (χ0n) is 11.4. The van der Waals surface area contributed by atoms with Gasteiger partial charge >= 0.3 is 0 Å². The second-order valence-corrected chi connectivity index (χ2v) is 6.50. The van der Waals surface area contributed by atoms with Crippen LogP contribution in [0.25, 0.3) is 0 Å². The monoisotopic (exact) mass is 307 g/mol. The van der Waals surface area contributed by atoms with Gasteiger partial charge in [0, 0.05) is 27.6 Å². The number of hydrogen-bond acceptors (Lipinski definition) is 2. The number of hydrogen-bond donors (Lipinski definition) is 1. The molecule has 4 heteroatoms. The zero-order chi connectivity index (χ0) is 14.4. The molecule has 2 rings (SSSR count). The Morgan fingerprint density at radius 2 is 1.75 bits per heavy atom. The molecule has 2 aromatic carbocycles. The molecule has 2 aromatic rings. The van der Waals surface area contributed by atoms with Gasteiger partial charge < -0.3 is 5.32 Å². The van der Waals surface area contributed by atoms with Crippen molar-refractivity contribution in [3.05, 3.63) is 70.7 Å². The molecule has 106 valence electrons. The van der Waals surface area contributed by atoms with Crippen molar-refractivity contribution in [2.45, 2.75) is 11.8 Å². The maximum atomic E-state index is 12.3. The Kier molecular flexibility index (Phi) is 5.77. The number of rotatable bonds is 6. The molecule has 20 heavy (non-hydrogen) atoms. The number of nitrogens with one attached hydrogen (secondary N) is 1. The lowest BCUT2D eigenvalue weighted by Gasteiger charge is -2.16. The largest absolute Gasteiger partial charge is 0.312 e. The van der Waals surface area contributed by atoms with Crippen molar-refractivity contribution in [3.8, 4) is 0 Å². The summed E-state index contributed by atoms with van der Waals surface area (Å²) in [5, 5.41) is 3.91. The van der Waals surface area contributed by atoms with E-state index in [9.17, 15) is 4.21 Å². The van der Waals surface area contributed by atoms with E-state index in [4.69, 9.17) is 11.6 Å². The van der Waals surface area contributed by atoms with Gasteiger partial charge in [0.15, 0.2) is 0 Å². The summed E-state index contributed by atoms with van der Waals surface area (Å²) in [6, 6.07) is 17.7. The van der Waals surface area contributed by atoms with Crippen LogP contribution in [0.15, 0.2) is 54.6 Å². The van der Waals surface area contributed by atoms with E-state index >= 15 is 0 Å². The second kappa shape index (κ2) is 7.58. The van der Waals surface area contributed by atoms with Crippen LogP contribution in [0, 0.1) is 0 Å². The molecule has 0 aliphatic heterocycles. The highest BCUT2D eigenvalue weighted by Gasteiger charge is 2.14. The van der Waals surface area contributed by atoms with Crippen molar-refractivity contribution < 1.29 is 4.21 Å². The quantitative estimate of drug-likeness (QED) is 0.884. The Morgan fingerprint density at radius 3 is 2.40 bits per heavy atom. The average molecular weight is 308 g/mol.